The quantitative estimate of drug-likeness (QED) is 0.344. The van der Waals surface area contributed by atoms with Crippen molar-refractivity contribution in [3.63, 3.8) is 0 Å². The topological polar surface area (TPSA) is 104 Å². The molecule has 4 rings (SSSR count). The van der Waals surface area contributed by atoms with E-state index < -0.39 is 0 Å². The van der Waals surface area contributed by atoms with Crippen LogP contribution in [0, 0.1) is 0 Å². The van der Waals surface area contributed by atoms with E-state index in [1.165, 1.54) is 11.1 Å². The summed E-state index contributed by atoms with van der Waals surface area (Å²) in [5.74, 6) is 0. The Morgan fingerprint density at radius 1 is 0.452 bits per heavy atom. The van der Waals surface area contributed by atoms with Gasteiger partial charge in [-0.05, 0) is 83.6 Å². The summed E-state index contributed by atoms with van der Waals surface area (Å²) in [6.45, 7) is 0. The molecule has 0 amide bonds. The highest BCUT2D eigenvalue weighted by molar-refractivity contribution is 5.54. The van der Waals surface area contributed by atoms with E-state index in [0.717, 1.165) is 46.7 Å². The Morgan fingerprint density at radius 2 is 0.839 bits per heavy atom. The standard InChI is InChI=1S/C27H28N4/c28-23-11-7-19(8-12-23)17-27(21-3-1-5-25(30)15-21,22-4-2-6-26(31)16-22)18-20-9-13-24(29)14-10-20/h1-16H,17-18,28-31H2. The highest BCUT2D eigenvalue weighted by Gasteiger charge is 2.35. The molecular weight excluding hydrogens is 380 g/mol. The van der Waals surface area contributed by atoms with Gasteiger partial charge in [-0.25, -0.2) is 0 Å². The van der Waals surface area contributed by atoms with Crippen molar-refractivity contribution in [3.05, 3.63) is 119 Å². The van der Waals surface area contributed by atoms with E-state index in [0.29, 0.717) is 0 Å². The molecule has 0 aliphatic carbocycles. The first-order chi connectivity index (χ1) is 14.9. The lowest BCUT2D eigenvalue weighted by Gasteiger charge is -2.36. The minimum atomic E-state index is -0.378. The predicted octanol–water partition coefficient (Wildman–Crippen LogP) is 4.79. The summed E-state index contributed by atoms with van der Waals surface area (Å²) in [6.07, 6.45) is 1.54. The average molecular weight is 409 g/mol. The largest absolute Gasteiger partial charge is 0.399 e. The van der Waals surface area contributed by atoms with Crippen LogP contribution in [-0.2, 0) is 18.3 Å². The summed E-state index contributed by atoms with van der Waals surface area (Å²) < 4.78 is 0. The summed E-state index contributed by atoms with van der Waals surface area (Å²) in [6, 6.07) is 32.4. The molecule has 4 heteroatoms. The molecule has 0 fully saturated rings. The van der Waals surface area contributed by atoms with E-state index in [1.807, 2.05) is 48.5 Å². The van der Waals surface area contributed by atoms with Gasteiger partial charge < -0.3 is 22.9 Å². The zero-order valence-corrected chi connectivity index (χ0v) is 17.5. The number of hydrogen-bond donors (Lipinski definition) is 4. The lowest BCUT2D eigenvalue weighted by molar-refractivity contribution is 0.507. The molecule has 0 atom stereocenters. The van der Waals surface area contributed by atoms with Crippen LogP contribution >= 0.6 is 0 Å². The zero-order valence-electron chi connectivity index (χ0n) is 17.5. The van der Waals surface area contributed by atoms with Crippen molar-refractivity contribution < 1.29 is 0 Å². The molecule has 0 heterocycles. The lowest BCUT2D eigenvalue weighted by Crippen LogP contribution is -2.33. The molecule has 156 valence electrons. The first-order valence-corrected chi connectivity index (χ1v) is 10.4. The maximum Gasteiger partial charge on any atom is 0.0317 e. The molecular formula is C27H28N4. The summed E-state index contributed by atoms with van der Waals surface area (Å²) in [4.78, 5) is 0. The minimum absolute atomic E-state index is 0.378. The van der Waals surface area contributed by atoms with Gasteiger partial charge >= 0.3 is 0 Å². The summed E-state index contributed by atoms with van der Waals surface area (Å²) in [5, 5.41) is 0. The van der Waals surface area contributed by atoms with Gasteiger partial charge in [0.25, 0.3) is 0 Å². The fourth-order valence-corrected chi connectivity index (χ4v) is 4.28. The van der Waals surface area contributed by atoms with Crippen LogP contribution in [-0.4, -0.2) is 0 Å². The van der Waals surface area contributed by atoms with Crippen LogP contribution in [0.4, 0.5) is 22.7 Å². The second-order valence-electron chi connectivity index (χ2n) is 8.17. The zero-order chi connectivity index (χ0) is 21.8. The van der Waals surface area contributed by atoms with Gasteiger partial charge in [0.2, 0.25) is 0 Å². The number of hydrogen-bond acceptors (Lipinski definition) is 4. The SMILES string of the molecule is Nc1ccc(CC(Cc2ccc(N)cc2)(c2cccc(N)c2)c2cccc(N)c2)cc1. The fraction of sp³-hybridized carbons (Fsp3) is 0.111. The molecule has 8 N–H and O–H groups in total. The van der Waals surface area contributed by atoms with Crippen molar-refractivity contribution in [2.24, 2.45) is 0 Å². The van der Waals surface area contributed by atoms with Crippen LogP contribution in [0.5, 0.6) is 0 Å². The van der Waals surface area contributed by atoms with Crippen molar-refractivity contribution in [1.29, 1.82) is 0 Å². The Balaban J connectivity index is 1.94. The molecule has 0 aliphatic rings. The third-order valence-electron chi connectivity index (χ3n) is 5.85. The maximum atomic E-state index is 6.23. The van der Waals surface area contributed by atoms with Gasteiger partial charge in [0.15, 0.2) is 0 Å². The van der Waals surface area contributed by atoms with Crippen LogP contribution in [0.15, 0.2) is 97.1 Å². The molecule has 0 spiro atoms. The molecule has 0 bridgehead atoms. The van der Waals surface area contributed by atoms with Gasteiger partial charge in [-0.2, -0.15) is 0 Å². The van der Waals surface area contributed by atoms with Crippen LogP contribution in [0.25, 0.3) is 0 Å². The van der Waals surface area contributed by atoms with E-state index in [-0.39, 0.29) is 5.41 Å². The predicted molar refractivity (Wildman–Crippen MR) is 132 cm³/mol. The molecule has 0 saturated heterocycles. The molecule has 0 aromatic heterocycles. The van der Waals surface area contributed by atoms with E-state index >= 15 is 0 Å². The van der Waals surface area contributed by atoms with Crippen molar-refractivity contribution >= 4 is 22.7 Å². The Morgan fingerprint density at radius 3 is 1.19 bits per heavy atom. The highest BCUT2D eigenvalue weighted by atomic mass is 14.6. The Bertz CT molecular complexity index is 1070. The molecule has 4 aromatic rings. The Hall–Kier alpha value is -3.92. The van der Waals surface area contributed by atoms with E-state index in [2.05, 4.69) is 48.5 Å². The van der Waals surface area contributed by atoms with E-state index in [4.69, 9.17) is 22.9 Å². The number of benzene rings is 4. The van der Waals surface area contributed by atoms with Gasteiger partial charge in [-0.1, -0.05) is 48.5 Å². The second kappa shape index (κ2) is 8.44. The van der Waals surface area contributed by atoms with Gasteiger partial charge in [-0.3, -0.25) is 0 Å². The molecule has 0 aliphatic heterocycles. The summed E-state index contributed by atoms with van der Waals surface area (Å²) >= 11 is 0. The van der Waals surface area contributed by atoms with Gasteiger partial charge in [0.05, 0.1) is 0 Å². The maximum absolute atomic E-state index is 6.23. The fourth-order valence-electron chi connectivity index (χ4n) is 4.28. The van der Waals surface area contributed by atoms with Crippen molar-refractivity contribution in [1.82, 2.24) is 0 Å². The Kier molecular flexibility index (Phi) is 5.54. The number of anilines is 4. The number of nitrogen functional groups attached to an aromatic ring is 4. The average Bonchev–Trinajstić information content (AvgIpc) is 2.76. The molecule has 0 saturated carbocycles. The summed E-state index contributed by atoms with van der Waals surface area (Å²) in [5.41, 5.74) is 31.6. The highest BCUT2D eigenvalue weighted by Crippen LogP contribution is 2.40. The van der Waals surface area contributed by atoms with Gasteiger partial charge in [-0.15, -0.1) is 0 Å². The lowest BCUT2D eigenvalue weighted by atomic mass is 9.66. The number of rotatable bonds is 6. The monoisotopic (exact) mass is 408 g/mol. The summed E-state index contributed by atoms with van der Waals surface area (Å²) in [7, 11) is 0. The first kappa shape index (κ1) is 20.4. The van der Waals surface area contributed by atoms with Crippen LogP contribution in [0.3, 0.4) is 0 Å². The van der Waals surface area contributed by atoms with Crippen molar-refractivity contribution in [3.8, 4) is 0 Å². The van der Waals surface area contributed by atoms with Gasteiger partial charge in [0, 0.05) is 28.2 Å². The van der Waals surface area contributed by atoms with Crippen molar-refractivity contribution in [2.75, 3.05) is 22.9 Å². The first-order valence-electron chi connectivity index (χ1n) is 10.4. The molecule has 31 heavy (non-hydrogen) atoms. The number of nitrogens with two attached hydrogens (primary N) is 4. The van der Waals surface area contributed by atoms with E-state index in [9.17, 15) is 0 Å². The van der Waals surface area contributed by atoms with E-state index in [1.54, 1.807) is 0 Å². The smallest absolute Gasteiger partial charge is 0.0317 e. The van der Waals surface area contributed by atoms with Crippen LogP contribution < -0.4 is 22.9 Å². The normalized spacial score (nSPS) is 11.4. The minimum Gasteiger partial charge on any atom is -0.399 e. The third kappa shape index (κ3) is 4.48. The van der Waals surface area contributed by atoms with Gasteiger partial charge in [0.1, 0.15) is 0 Å². The second-order valence-corrected chi connectivity index (χ2v) is 8.17. The molecule has 0 radical (unpaired) electrons. The van der Waals surface area contributed by atoms with Crippen LogP contribution in [0.1, 0.15) is 22.3 Å². The molecule has 0 unspecified atom stereocenters. The third-order valence-corrected chi connectivity index (χ3v) is 5.85. The molecule has 4 nitrogen and oxygen atoms in total. The Labute approximate surface area is 183 Å². The van der Waals surface area contributed by atoms with Crippen molar-refractivity contribution in [2.45, 2.75) is 18.3 Å². The van der Waals surface area contributed by atoms with Crippen LogP contribution in [0.2, 0.25) is 0 Å². The molecule has 4 aromatic carbocycles.